The maximum absolute atomic E-state index is 12.9. The van der Waals surface area contributed by atoms with Crippen molar-refractivity contribution in [3.63, 3.8) is 0 Å². The van der Waals surface area contributed by atoms with Gasteiger partial charge in [0.1, 0.15) is 11.3 Å². The summed E-state index contributed by atoms with van der Waals surface area (Å²) < 4.78 is 7.60. The maximum Gasteiger partial charge on any atom is 0.259 e. The fourth-order valence-corrected chi connectivity index (χ4v) is 4.24. The summed E-state index contributed by atoms with van der Waals surface area (Å²) in [4.78, 5) is 25.8. The zero-order valence-corrected chi connectivity index (χ0v) is 16.6. The fraction of sp³-hybridized carbons (Fsp3) is 0.167. The minimum Gasteiger partial charge on any atom is -0.507 e. The number of aryl methyl sites for hydroxylation is 1. The van der Waals surface area contributed by atoms with Gasteiger partial charge in [0.2, 0.25) is 0 Å². The summed E-state index contributed by atoms with van der Waals surface area (Å²) in [7, 11) is 0. The van der Waals surface area contributed by atoms with E-state index < -0.39 is 11.8 Å². The van der Waals surface area contributed by atoms with Crippen molar-refractivity contribution < 1.29 is 24.2 Å². The number of benzene rings is 2. The Morgan fingerprint density at radius 3 is 2.48 bits per heavy atom. The van der Waals surface area contributed by atoms with Gasteiger partial charge in [-0.25, -0.2) is 0 Å². The predicted octanol–water partition coefficient (Wildman–Crippen LogP) is 3.43. The molecule has 0 unspecified atom stereocenters. The largest absolute Gasteiger partial charge is 0.507 e. The number of imide groups is 1. The number of aromatic nitrogens is 1. The average Bonchev–Trinajstić information content (AvgIpc) is 3.46. The van der Waals surface area contributed by atoms with Crippen molar-refractivity contribution in [1.82, 2.24) is 9.88 Å². The van der Waals surface area contributed by atoms with Gasteiger partial charge in [-0.15, -0.1) is 0 Å². The molecule has 0 spiro atoms. The molecule has 3 N–H and O–H groups in total. The molecule has 5 rings (SSSR count). The molecule has 0 fully saturated rings. The Morgan fingerprint density at radius 2 is 1.68 bits per heavy atom. The highest BCUT2D eigenvalue weighted by Gasteiger charge is 2.35. The van der Waals surface area contributed by atoms with Crippen LogP contribution in [0.25, 0.3) is 33.0 Å². The highest BCUT2D eigenvalue weighted by molar-refractivity contribution is 6.50. The van der Waals surface area contributed by atoms with E-state index in [0.717, 1.165) is 17.3 Å². The summed E-state index contributed by atoms with van der Waals surface area (Å²) in [6.45, 7) is 0.805. The molecule has 0 radical (unpaired) electrons. The van der Waals surface area contributed by atoms with Gasteiger partial charge in [0, 0.05) is 41.4 Å². The number of nitrogens with zero attached hydrogens (tertiary/aromatic N) is 1. The Kier molecular flexibility index (Phi) is 4.60. The van der Waals surface area contributed by atoms with Crippen LogP contribution in [0.5, 0.6) is 5.75 Å². The lowest BCUT2D eigenvalue weighted by Crippen LogP contribution is -2.22. The fourth-order valence-electron chi connectivity index (χ4n) is 4.24. The number of aliphatic hydroxyl groups is 1. The topological polar surface area (TPSA) is 105 Å². The molecule has 0 atom stereocenters. The highest BCUT2D eigenvalue weighted by atomic mass is 16.3. The number of hydrogen-bond acceptors (Lipinski definition) is 5. The predicted molar refractivity (Wildman–Crippen MR) is 116 cm³/mol. The smallest absolute Gasteiger partial charge is 0.259 e. The van der Waals surface area contributed by atoms with Gasteiger partial charge in [-0.3, -0.25) is 14.9 Å². The Hall–Kier alpha value is -3.84. The number of unbranched alkanes of at least 4 members (excludes halogenated alkanes) is 1. The number of carbonyl (C=O) groups excluding carboxylic acids is 2. The standard InChI is InChI=1S/C24H20N2O5/c27-11-4-3-10-26-13-17(14-5-1-2-6-18(14)26)21-20(23(29)25-24(21)30)16-7-8-19(28)15-9-12-31-22(15)16/h1-2,5-9,12-13,27-28H,3-4,10-11H2,(H,25,29,30). The number of aromatic hydroxyl groups is 1. The van der Waals surface area contributed by atoms with Crippen molar-refractivity contribution in [3.05, 3.63) is 66.1 Å². The lowest BCUT2D eigenvalue weighted by molar-refractivity contribution is -0.122. The molecule has 7 heteroatoms. The Bertz CT molecular complexity index is 1380. The first kappa shape index (κ1) is 19.1. The zero-order valence-electron chi connectivity index (χ0n) is 16.6. The third-order valence-corrected chi connectivity index (χ3v) is 5.66. The van der Waals surface area contributed by atoms with Crippen molar-refractivity contribution in [1.29, 1.82) is 0 Å². The van der Waals surface area contributed by atoms with Crippen LogP contribution in [0, 0.1) is 0 Å². The van der Waals surface area contributed by atoms with Gasteiger partial charge in [-0.05, 0) is 37.1 Å². The summed E-state index contributed by atoms with van der Waals surface area (Å²) in [6, 6.07) is 12.4. The number of para-hydroxylation sites is 1. The zero-order chi connectivity index (χ0) is 21.5. The van der Waals surface area contributed by atoms with Gasteiger partial charge in [-0.1, -0.05) is 18.2 Å². The molecule has 0 aliphatic carbocycles. The number of rotatable bonds is 6. The van der Waals surface area contributed by atoms with E-state index in [4.69, 9.17) is 9.52 Å². The van der Waals surface area contributed by atoms with Gasteiger partial charge >= 0.3 is 0 Å². The van der Waals surface area contributed by atoms with Gasteiger partial charge in [-0.2, -0.15) is 0 Å². The van der Waals surface area contributed by atoms with Crippen molar-refractivity contribution in [3.8, 4) is 5.75 Å². The van der Waals surface area contributed by atoms with Crippen molar-refractivity contribution >= 4 is 44.8 Å². The lowest BCUT2D eigenvalue weighted by atomic mass is 9.95. The number of furan rings is 1. The molecule has 2 aromatic heterocycles. The summed E-state index contributed by atoms with van der Waals surface area (Å²) in [5.74, 6) is -0.925. The summed E-state index contributed by atoms with van der Waals surface area (Å²) in [5.41, 5.74) is 2.92. The van der Waals surface area contributed by atoms with Crippen molar-refractivity contribution in [2.75, 3.05) is 6.61 Å². The number of hydrogen-bond donors (Lipinski definition) is 3. The first-order valence-corrected chi connectivity index (χ1v) is 10.1. The Morgan fingerprint density at radius 1 is 0.903 bits per heavy atom. The van der Waals surface area contributed by atoms with Crippen LogP contribution in [0.3, 0.4) is 0 Å². The van der Waals surface area contributed by atoms with Crippen LogP contribution in [0.4, 0.5) is 0 Å². The van der Waals surface area contributed by atoms with E-state index in [9.17, 15) is 14.7 Å². The van der Waals surface area contributed by atoms with Gasteiger partial charge in [0.15, 0.2) is 0 Å². The second kappa shape index (κ2) is 7.45. The molecule has 3 heterocycles. The van der Waals surface area contributed by atoms with E-state index in [-0.39, 0.29) is 23.5 Å². The molecule has 31 heavy (non-hydrogen) atoms. The number of carbonyl (C=O) groups is 2. The molecule has 0 saturated carbocycles. The molecule has 0 bridgehead atoms. The Labute approximate surface area is 177 Å². The molecule has 156 valence electrons. The molecule has 7 nitrogen and oxygen atoms in total. The molecule has 4 aromatic rings. The minimum atomic E-state index is -0.500. The van der Waals surface area contributed by atoms with Gasteiger partial charge < -0.3 is 19.2 Å². The van der Waals surface area contributed by atoms with Crippen LogP contribution < -0.4 is 5.32 Å². The number of amides is 2. The molecule has 1 aliphatic rings. The average molecular weight is 416 g/mol. The molecule has 1 aliphatic heterocycles. The van der Waals surface area contributed by atoms with E-state index in [0.29, 0.717) is 35.1 Å². The molecular weight excluding hydrogens is 396 g/mol. The number of fused-ring (bicyclic) bond motifs is 2. The lowest BCUT2D eigenvalue weighted by Gasteiger charge is -2.06. The molecule has 2 amide bonds. The van der Waals surface area contributed by atoms with E-state index >= 15 is 0 Å². The van der Waals surface area contributed by atoms with E-state index in [1.165, 1.54) is 12.3 Å². The van der Waals surface area contributed by atoms with Crippen LogP contribution in [0.2, 0.25) is 0 Å². The normalized spacial score (nSPS) is 14.2. The Balaban J connectivity index is 1.76. The SMILES string of the molecule is O=C1NC(=O)C(c2ccc(O)c3ccoc23)=C1c1cn(CCCCO)c2ccccc12. The first-order chi connectivity index (χ1) is 15.1. The van der Waals surface area contributed by atoms with E-state index in [2.05, 4.69) is 5.32 Å². The first-order valence-electron chi connectivity index (χ1n) is 10.1. The van der Waals surface area contributed by atoms with Crippen LogP contribution in [-0.2, 0) is 16.1 Å². The van der Waals surface area contributed by atoms with E-state index in [1.54, 1.807) is 12.1 Å². The number of aliphatic hydroxyl groups excluding tert-OH is 1. The summed E-state index contributed by atoms with van der Waals surface area (Å²) in [5, 5.41) is 23.0. The van der Waals surface area contributed by atoms with Gasteiger partial charge in [0.25, 0.3) is 11.8 Å². The number of phenolic OH excluding ortho intramolecular Hbond substituents is 1. The quantitative estimate of drug-likeness (QED) is 0.330. The van der Waals surface area contributed by atoms with E-state index in [1.807, 2.05) is 35.0 Å². The number of nitrogens with one attached hydrogen (secondary N) is 1. The minimum absolute atomic E-state index is 0.0415. The second-order valence-corrected chi connectivity index (χ2v) is 7.51. The summed E-state index contributed by atoms with van der Waals surface area (Å²) >= 11 is 0. The monoisotopic (exact) mass is 416 g/mol. The molecule has 0 saturated heterocycles. The van der Waals surface area contributed by atoms with Crippen LogP contribution >= 0.6 is 0 Å². The molecule has 2 aromatic carbocycles. The summed E-state index contributed by atoms with van der Waals surface area (Å²) in [6.07, 6.45) is 4.79. The van der Waals surface area contributed by atoms with Crippen LogP contribution in [0.15, 0.2) is 59.3 Å². The van der Waals surface area contributed by atoms with Crippen molar-refractivity contribution in [2.24, 2.45) is 0 Å². The second-order valence-electron chi connectivity index (χ2n) is 7.51. The van der Waals surface area contributed by atoms with Gasteiger partial charge in [0.05, 0.1) is 22.8 Å². The highest BCUT2D eigenvalue weighted by Crippen LogP contribution is 2.40. The van der Waals surface area contributed by atoms with Crippen molar-refractivity contribution in [2.45, 2.75) is 19.4 Å². The molecular formula is C24H20N2O5. The third kappa shape index (κ3) is 3.02. The maximum atomic E-state index is 12.9. The third-order valence-electron chi connectivity index (χ3n) is 5.66. The van der Waals surface area contributed by atoms with Crippen LogP contribution in [-0.4, -0.2) is 33.2 Å². The van der Waals surface area contributed by atoms with Crippen LogP contribution in [0.1, 0.15) is 24.0 Å². The number of phenols is 1.